The van der Waals surface area contributed by atoms with Crippen LogP contribution in [0.4, 0.5) is 0 Å². The van der Waals surface area contributed by atoms with E-state index < -0.39 is 0 Å². The van der Waals surface area contributed by atoms with E-state index in [1.54, 1.807) is 0 Å². The molecule has 1 aromatic rings. The van der Waals surface area contributed by atoms with Gasteiger partial charge in [0, 0.05) is 22.7 Å². The normalized spacial score (nSPS) is 12.5. The maximum atomic E-state index is 5.87. The highest BCUT2D eigenvalue weighted by molar-refractivity contribution is 9.10. The van der Waals surface area contributed by atoms with E-state index in [1.807, 2.05) is 32.0 Å². The molecule has 0 aliphatic carbocycles. The van der Waals surface area contributed by atoms with Crippen LogP contribution in [0.3, 0.4) is 0 Å². The van der Waals surface area contributed by atoms with E-state index in [0.717, 1.165) is 15.8 Å². The quantitative estimate of drug-likeness (QED) is 0.819. The standard InChI is InChI=1S/C12H18BrNO2/c1-3-15-6-7-16-12-8-10(13)4-5-11(12)9(2)14/h4-5,8-9H,3,6-7,14H2,1-2H3/t9-/m0/s1. The molecule has 0 bridgehead atoms. The molecular weight excluding hydrogens is 270 g/mol. The first-order valence-electron chi connectivity index (χ1n) is 5.40. The molecule has 0 unspecified atom stereocenters. The Balaban J connectivity index is 2.65. The Morgan fingerprint density at radius 3 is 2.75 bits per heavy atom. The van der Waals surface area contributed by atoms with E-state index in [4.69, 9.17) is 15.2 Å². The summed E-state index contributed by atoms with van der Waals surface area (Å²) in [5.41, 5.74) is 6.88. The van der Waals surface area contributed by atoms with Gasteiger partial charge in [-0.05, 0) is 26.0 Å². The number of rotatable bonds is 6. The first kappa shape index (κ1) is 13.5. The summed E-state index contributed by atoms with van der Waals surface area (Å²) in [6.07, 6.45) is 0. The highest BCUT2D eigenvalue weighted by Gasteiger charge is 2.08. The van der Waals surface area contributed by atoms with Crippen molar-refractivity contribution in [2.45, 2.75) is 19.9 Å². The fourth-order valence-electron chi connectivity index (χ4n) is 1.36. The van der Waals surface area contributed by atoms with Crippen molar-refractivity contribution in [1.29, 1.82) is 0 Å². The van der Waals surface area contributed by atoms with Crippen molar-refractivity contribution in [1.82, 2.24) is 0 Å². The van der Waals surface area contributed by atoms with Crippen LogP contribution in [0.5, 0.6) is 5.75 Å². The van der Waals surface area contributed by atoms with E-state index in [0.29, 0.717) is 19.8 Å². The Kier molecular flexibility index (Phi) is 5.80. The highest BCUT2D eigenvalue weighted by Crippen LogP contribution is 2.27. The van der Waals surface area contributed by atoms with Crippen LogP contribution in [0.25, 0.3) is 0 Å². The fourth-order valence-corrected chi connectivity index (χ4v) is 1.70. The molecule has 90 valence electrons. The van der Waals surface area contributed by atoms with Gasteiger partial charge in [0.05, 0.1) is 6.61 Å². The van der Waals surface area contributed by atoms with Gasteiger partial charge in [0.2, 0.25) is 0 Å². The third-order valence-electron chi connectivity index (χ3n) is 2.16. The van der Waals surface area contributed by atoms with Gasteiger partial charge in [0.15, 0.2) is 0 Å². The minimum absolute atomic E-state index is 0.0322. The Morgan fingerprint density at radius 1 is 1.38 bits per heavy atom. The molecule has 3 nitrogen and oxygen atoms in total. The summed E-state index contributed by atoms with van der Waals surface area (Å²) >= 11 is 3.42. The number of nitrogens with two attached hydrogens (primary N) is 1. The van der Waals surface area contributed by atoms with Crippen LogP contribution in [0.15, 0.2) is 22.7 Å². The summed E-state index contributed by atoms with van der Waals surface area (Å²) in [6.45, 7) is 5.76. The molecule has 4 heteroatoms. The summed E-state index contributed by atoms with van der Waals surface area (Å²) in [5.74, 6) is 0.823. The van der Waals surface area contributed by atoms with Crippen molar-refractivity contribution in [2.75, 3.05) is 19.8 Å². The van der Waals surface area contributed by atoms with Crippen molar-refractivity contribution >= 4 is 15.9 Å². The second-order valence-corrected chi connectivity index (χ2v) is 4.43. The molecule has 1 aromatic carbocycles. The maximum Gasteiger partial charge on any atom is 0.125 e. The molecule has 0 aromatic heterocycles. The number of halogens is 1. The molecule has 2 N–H and O–H groups in total. The zero-order valence-corrected chi connectivity index (χ0v) is 11.3. The van der Waals surface area contributed by atoms with E-state index in [1.165, 1.54) is 0 Å². The van der Waals surface area contributed by atoms with E-state index in [-0.39, 0.29) is 6.04 Å². The molecule has 0 spiro atoms. The summed E-state index contributed by atoms with van der Waals surface area (Å²) < 4.78 is 11.9. The third kappa shape index (κ3) is 4.12. The first-order chi connectivity index (χ1) is 7.65. The fraction of sp³-hybridized carbons (Fsp3) is 0.500. The largest absolute Gasteiger partial charge is 0.491 e. The van der Waals surface area contributed by atoms with Gasteiger partial charge < -0.3 is 15.2 Å². The topological polar surface area (TPSA) is 44.5 Å². The third-order valence-corrected chi connectivity index (χ3v) is 2.65. The predicted octanol–water partition coefficient (Wildman–Crippen LogP) is 2.88. The molecular formula is C12H18BrNO2. The van der Waals surface area contributed by atoms with E-state index in [2.05, 4.69) is 15.9 Å². The van der Waals surface area contributed by atoms with Crippen LogP contribution in [0.1, 0.15) is 25.5 Å². The van der Waals surface area contributed by atoms with Crippen LogP contribution in [-0.4, -0.2) is 19.8 Å². The second-order valence-electron chi connectivity index (χ2n) is 3.52. The van der Waals surface area contributed by atoms with Gasteiger partial charge in [0.25, 0.3) is 0 Å². The van der Waals surface area contributed by atoms with Crippen LogP contribution >= 0.6 is 15.9 Å². The summed E-state index contributed by atoms with van der Waals surface area (Å²) in [6, 6.07) is 5.85. The lowest BCUT2D eigenvalue weighted by Crippen LogP contribution is -2.11. The Labute approximate surface area is 105 Å². The molecule has 0 radical (unpaired) electrons. The van der Waals surface area contributed by atoms with Crippen molar-refractivity contribution < 1.29 is 9.47 Å². The lowest BCUT2D eigenvalue weighted by atomic mass is 10.1. The van der Waals surface area contributed by atoms with E-state index in [9.17, 15) is 0 Å². The molecule has 0 aliphatic heterocycles. The van der Waals surface area contributed by atoms with Crippen molar-refractivity contribution in [3.05, 3.63) is 28.2 Å². The zero-order valence-electron chi connectivity index (χ0n) is 9.70. The van der Waals surface area contributed by atoms with Crippen LogP contribution in [0.2, 0.25) is 0 Å². The lowest BCUT2D eigenvalue weighted by Gasteiger charge is -2.14. The molecule has 0 saturated carbocycles. The summed E-state index contributed by atoms with van der Waals surface area (Å²) in [7, 11) is 0. The van der Waals surface area contributed by atoms with Crippen molar-refractivity contribution in [2.24, 2.45) is 5.73 Å². The monoisotopic (exact) mass is 287 g/mol. The van der Waals surface area contributed by atoms with Gasteiger partial charge in [0.1, 0.15) is 12.4 Å². The molecule has 16 heavy (non-hydrogen) atoms. The lowest BCUT2D eigenvalue weighted by molar-refractivity contribution is 0.109. The predicted molar refractivity (Wildman–Crippen MR) is 68.7 cm³/mol. The number of hydrogen-bond donors (Lipinski definition) is 1. The smallest absolute Gasteiger partial charge is 0.125 e. The Hall–Kier alpha value is -0.580. The SMILES string of the molecule is CCOCCOc1cc(Br)ccc1[C@H](C)N. The van der Waals surface area contributed by atoms with Gasteiger partial charge in [-0.2, -0.15) is 0 Å². The number of ether oxygens (including phenoxy) is 2. The highest BCUT2D eigenvalue weighted by atomic mass is 79.9. The van der Waals surface area contributed by atoms with Crippen LogP contribution in [-0.2, 0) is 4.74 Å². The molecule has 0 heterocycles. The molecule has 0 aliphatic rings. The Morgan fingerprint density at radius 2 is 2.12 bits per heavy atom. The van der Waals surface area contributed by atoms with Crippen molar-refractivity contribution in [3.63, 3.8) is 0 Å². The van der Waals surface area contributed by atoms with Gasteiger partial charge in [-0.15, -0.1) is 0 Å². The minimum atomic E-state index is -0.0322. The van der Waals surface area contributed by atoms with Gasteiger partial charge in [-0.3, -0.25) is 0 Å². The summed E-state index contributed by atoms with van der Waals surface area (Å²) in [4.78, 5) is 0. The molecule has 0 fully saturated rings. The summed E-state index contributed by atoms with van der Waals surface area (Å²) in [5, 5.41) is 0. The van der Waals surface area contributed by atoms with Crippen LogP contribution < -0.4 is 10.5 Å². The average molecular weight is 288 g/mol. The molecule has 1 atom stereocenters. The van der Waals surface area contributed by atoms with Crippen LogP contribution in [0, 0.1) is 0 Å². The first-order valence-corrected chi connectivity index (χ1v) is 6.20. The molecule has 0 amide bonds. The zero-order chi connectivity index (χ0) is 12.0. The maximum absolute atomic E-state index is 5.87. The van der Waals surface area contributed by atoms with Crippen molar-refractivity contribution in [3.8, 4) is 5.75 Å². The Bertz CT molecular complexity index is 329. The number of hydrogen-bond acceptors (Lipinski definition) is 3. The molecule has 0 saturated heterocycles. The van der Waals surface area contributed by atoms with Gasteiger partial charge in [-0.25, -0.2) is 0 Å². The minimum Gasteiger partial charge on any atom is -0.491 e. The number of benzene rings is 1. The van der Waals surface area contributed by atoms with Gasteiger partial charge in [-0.1, -0.05) is 22.0 Å². The van der Waals surface area contributed by atoms with E-state index >= 15 is 0 Å². The second kappa shape index (κ2) is 6.89. The molecule has 1 rings (SSSR count). The average Bonchev–Trinajstić information content (AvgIpc) is 2.24. The van der Waals surface area contributed by atoms with Gasteiger partial charge >= 0.3 is 0 Å².